The van der Waals surface area contributed by atoms with Crippen molar-refractivity contribution < 1.29 is 9.15 Å². The van der Waals surface area contributed by atoms with Crippen LogP contribution in [0.5, 0.6) is 0 Å². The van der Waals surface area contributed by atoms with Gasteiger partial charge >= 0.3 is 0 Å². The fraction of sp³-hybridized carbons (Fsp3) is 0.667. The maximum atomic E-state index is 6.11. The molecule has 3 heteroatoms. The first kappa shape index (κ1) is 14.9. The van der Waals surface area contributed by atoms with Crippen molar-refractivity contribution in [2.45, 2.75) is 83.3 Å². The van der Waals surface area contributed by atoms with E-state index in [0.717, 1.165) is 11.1 Å². The molecule has 5 rings (SSSR count). The second-order valence-electron chi connectivity index (χ2n) is 8.94. The van der Waals surface area contributed by atoms with Gasteiger partial charge < -0.3 is 9.15 Å². The van der Waals surface area contributed by atoms with Crippen LogP contribution in [0.1, 0.15) is 87.0 Å². The molecular formula is C21H27NO2. The number of hydrogen-bond donors (Lipinski definition) is 0. The van der Waals surface area contributed by atoms with E-state index in [1.54, 1.807) is 17.5 Å². The summed E-state index contributed by atoms with van der Waals surface area (Å²) in [5, 5.41) is 0. The van der Waals surface area contributed by atoms with Crippen molar-refractivity contribution in [2.75, 3.05) is 0 Å². The lowest BCUT2D eigenvalue weighted by molar-refractivity contribution is 0.268. The van der Waals surface area contributed by atoms with Crippen LogP contribution in [0.15, 0.2) is 10.8 Å². The van der Waals surface area contributed by atoms with Gasteiger partial charge in [-0.2, -0.15) is 0 Å². The number of oxazole rings is 1. The third-order valence-electron chi connectivity index (χ3n) is 7.03. The number of hydrogen-bond acceptors (Lipinski definition) is 3. The summed E-state index contributed by atoms with van der Waals surface area (Å²) in [5.74, 6) is 2.46. The van der Waals surface area contributed by atoms with E-state index in [9.17, 15) is 0 Å². The lowest BCUT2D eigenvalue weighted by Gasteiger charge is -2.42. The van der Waals surface area contributed by atoms with Gasteiger partial charge in [0.15, 0.2) is 12.0 Å². The molecule has 1 aromatic heterocycles. The van der Waals surface area contributed by atoms with Crippen molar-refractivity contribution in [3.63, 3.8) is 0 Å². The summed E-state index contributed by atoms with van der Waals surface area (Å²) >= 11 is 0. The average Bonchev–Trinajstić information content (AvgIpc) is 2.95. The number of benzene rings is 1. The highest BCUT2D eigenvalue weighted by Crippen LogP contribution is 2.59. The van der Waals surface area contributed by atoms with Gasteiger partial charge in [-0.05, 0) is 74.5 Å². The van der Waals surface area contributed by atoms with Crippen LogP contribution < -0.4 is 0 Å². The SMILES string of the molecule is Cc1c2c3c(c4ocnc14)C(C)CCC3C(C)CC2C1OC1(C)C. The molecule has 3 aliphatic rings. The van der Waals surface area contributed by atoms with Gasteiger partial charge in [0.2, 0.25) is 0 Å². The van der Waals surface area contributed by atoms with Crippen LogP contribution in [-0.4, -0.2) is 16.7 Å². The Balaban J connectivity index is 1.83. The molecule has 1 saturated heterocycles. The smallest absolute Gasteiger partial charge is 0.182 e. The van der Waals surface area contributed by atoms with Gasteiger partial charge in [0.05, 0.1) is 11.7 Å². The molecule has 24 heavy (non-hydrogen) atoms. The third kappa shape index (κ3) is 1.79. The Morgan fingerprint density at radius 1 is 1.08 bits per heavy atom. The van der Waals surface area contributed by atoms with E-state index in [1.165, 1.54) is 30.4 Å². The first-order valence-corrected chi connectivity index (χ1v) is 9.47. The van der Waals surface area contributed by atoms with Gasteiger partial charge in [-0.15, -0.1) is 0 Å². The van der Waals surface area contributed by atoms with Gasteiger partial charge in [0.1, 0.15) is 5.52 Å². The average molecular weight is 325 g/mol. The lowest BCUT2D eigenvalue weighted by atomic mass is 9.61. The Hall–Kier alpha value is -1.35. The minimum absolute atomic E-state index is 0.0234. The normalized spacial score (nSPS) is 36.6. The summed E-state index contributed by atoms with van der Waals surface area (Å²) in [6.45, 7) is 11.5. The largest absolute Gasteiger partial charge is 0.443 e. The minimum atomic E-state index is 0.0234. The highest BCUT2D eigenvalue weighted by atomic mass is 16.6. The molecule has 128 valence electrons. The molecule has 2 aliphatic carbocycles. The Labute approximate surface area is 143 Å². The van der Waals surface area contributed by atoms with E-state index in [2.05, 4.69) is 39.6 Å². The summed E-state index contributed by atoms with van der Waals surface area (Å²) in [4.78, 5) is 4.58. The predicted octanol–water partition coefficient (Wildman–Crippen LogP) is 5.42. The molecule has 2 heterocycles. The van der Waals surface area contributed by atoms with E-state index in [1.807, 2.05) is 0 Å². The second-order valence-corrected chi connectivity index (χ2v) is 8.94. The molecule has 1 fully saturated rings. The third-order valence-corrected chi connectivity index (χ3v) is 7.03. The molecular weight excluding hydrogens is 298 g/mol. The van der Waals surface area contributed by atoms with Crippen molar-refractivity contribution in [3.05, 3.63) is 28.6 Å². The number of ether oxygens (including phenoxy) is 1. The Bertz CT molecular complexity index is 834. The van der Waals surface area contributed by atoms with Crippen molar-refractivity contribution in [3.8, 4) is 0 Å². The van der Waals surface area contributed by atoms with E-state index in [-0.39, 0.29) is 5.60 Å². The molecule has 0 N–H and O–H groups in total. The zero-order valence-corrected chi connectivity index (χ0v) is 15.3. The summed E-state index contributed by atoms with van der Waals surface area (Å²) in [7, 11) is 0. The zero-order chi connectivity index (χ0) is 16.8. The number of fused-ring (bicyclic) bond motifs is 2. The van der Waals surface area contributed by atoms with Crippen LogP contribution in [0.4, 0.5) is 0 Å². The minimum Gasteiger partial charge on any atom is -0.443 e. The van der Waals surface area contributed by atoms with Gasteiger partial charge in [0, 0.05) is 11.5 Å². The van der Waals surface area contributed by atoms with Crippen LogP contribution >= 0.6 is 0 Å². The van der Waals surface area contributed by atoms with E-state index in [0.29, 0.717) is 29.8 Å². The first-order valence-electron chi connectivity index (χ1n) is 9.47. The number of aromatic nitrogens is 1. The predicted molar refractivity (Wildman–Crippen MR) is 94.6 cm³/mol. The van der Waals surface area contributed by atoms with E-state index in [4.69, 9.17) is 9.15 Å². The lowest BCUT2D eigenvalue weighted by Crippen LogP contribution is -2.31. The summed E-state index contributed by atoms with van der Waals surface area (Å²) in [5.41, 5.74) is 8.09. The van der Waals surface area contributed by atoms with Crippen molar-refractivity contribution in [1.82, 2.24) is 4.98 Å². The van der Waals surface area contributed by atoms with Crippen molar-refractivity contribution >= 4 is 11.1 Å². The second kappa shape index (κ2) is 4.63. The quantitative estimate of drug-likeness (QED) is 0.657. The molecule has 1 aromatic carbocycles. The molecule has 0 radical (unpaired) electrons. The highest BCUT2D eigenvalue weighted by molar-refractivity contribution is 5.84. The topological polar surface area (TPSA) is 38.6 Å². The van der Waals surface area contributed by atoms with Crippen LogP contribution in [0.2, 0.25) is 0 Å². The van der Waals surface area contributed by atoms with Gasteiger partial charge in [-0.1, -0.05) is 13.8 Å². The maximum absolute atomic E-state index is 6.11. The fourth-order valence-electron chi connectivity index (χ4n) is 5.77. The number of nitrogens with zero attached hydrogens (tertiary/aromatic N) is 1. The number of aryl methyl sites for hydroxylation is 1. The molecule has 0 amide bonds. The molecule has 5 unspecified atom stereocenters. The molecule has 1 aliphatic heterocycles. The summed E-state index contributed by atoms with van der Waals surface area (Å²) in [6, 6.07) is 0. The molecule has 5 atom stereocenters. The Kier molecular flexibility index (Phi) is 2.88. The zero-order valence-electron chi connectivity index (χ0n) is 15.3. The monoisotopic (exact) mass is 325 g/mol. The summed E-state index contributed by atoms with van der Waals surface area (Å²) in [6.07, 6.45) is 5.79. The first-order chi connectivity index (χ1) is 11.4. The molecule has 2 aromatic rings. The molecule has 0 bridgehead atoms. The van der Waals surface area contributed by atoms with E-state index >= 15 is 0 Å². The van der Waals surface area contributed by atoms with Crippen molar-refractivity contribution in [1.29, 1.82) is 0 Å². The van der Waals surface area contributed by atoms with Gasteiger partial charge in [-0.3, -0.25) is 0 Å². The number of rotatable bonds is 1. The molecule has 0 spiro atoms. The maximum Gasteiger partial charge on any atom is 0.182 e. The van der Waals surface area contributed by atoms with Crippen LogP contribution in [0.25, 0.3) is 11.1 Å². The fourth-order valence-corrected chi connectivity index (χ4v) is 5.77. The van der Waals surface area contributed by atoms with Crippen molar-refractivity contribution in [2.24, 2.45) is 5.92 Å². The molecule has 3 nitrogen and oxygen atoms in total. The Morgan fingerprint density at radius 3 is 2.54 bits per heavy atom. The van der Waals surface area contributed by atoms with Crippen LogP contribution in [0, 0.1) is 12.8 Å². The van der Waals surface area contributed by atoms with E-state index < -0.39 is 0 Å². The van der Waals surface area contributed by atoms with Crippen LogP contribution in [-0.2, 0) is 4.74 Å². The molecule has 0 saturated carbocycles. The standard InChI is InChI=1S/C21H27NO2/c1-10-6-7-13-11(2)8-14(20-21(4,5)24-20)16-12(3)18-19(23-9-22-18)15(10)17(13)16/h9-11,13-14,20H,6-8H2,1-5H3. The Morgan fingerprint density at radius 2 is 1.83 bits per heavy atom. The highest BCUT2D eigenvalue weighted by Gasteiger charge is 2.56. The van der Waals surface area contributed by atoms with Gasteiger partial charge in [0.25, 0.3) is 0 Å². The van der Waals surface area contributed by atoms with Gasteiger partial charge in [-0.25, -0.2) is 4.98 Å². The van der Waals surface area contributed by atoms with Crippen LogP contribution in [0.3, 0.4) is 0 Å². The summed E-state index contributed by atoms with van der Waals surface area (Å²) < 4.78 is 12.0. The number of epoxide rings is 1.